The number of amides is 2. The number of likely N-dealkylation sites (tertiary alicyclic amines) is 1. The van der Waals surface area contributed by atoms with Gasteiger partial charge in [0.1, 0.15) is 19.3 Å². The van der Waals surface area contributed by atoms with Gasteiger partial charge in [-0.3, -0.25) is 9.59 Å². The van der Waals surface area contributed by atoms with Crippen LogP contribution in [0.5, 0.6) is 11.5 Å². The van der Waals surface area contributed by atoms with Crippen LogP contribution in [0.1, 0.15) is 54.4 Å². The van der Waals surface area contributed by atoms with E-state index in [1.807, 2.05) is 36.4 Å². The van der Waals surface area contributed by atoms with Crippen molar-refractivity contribution in [3.05, 3.63) is 59.7 Å². The van der Waals surface area contributed by atoms with Crippen LogP contribution in [0.15, 0.2) is 48.5 Å². The Labute approximate surface area is 188 Å². The topological polar surface area (TPSA) is 67.9 Å². The van der Waals surface area contributed by atoms with Crippen molar-refractivity contribution >= 4 is 11.8 Å². The van der Waals surface area contributed by atoms with Crippen molar-refractivity contribution in [1.29, 1.82) is 0 Å². The standard InChI is InChI=1S/C26H30N2O4/c29-24(21-9-6-14-28(21)25(30)19-7-2-1-3-8-19)27-18-26(12-4-5-13-26)20-10-11-22-23(17-20)32-16-15-31-22/h1-3,7-8,10-11,17,21H,4-6,9,12-16,18H2,(H,27,29). The number of hydrogen-bond acceptors (Lipinski definition) is 4. The first-order chi connectivity index (χ1) is 15.7. The number of benzene rings is 2. The Kier molecular flexibility index (Phi) is 5.77. The van der Waals surface area contributed by atoms with Crippen molar-refractivity contribution in [2.24, 2.45) is 0 Å². The third kappa shape index (κ3) is 3.94. The highest BCUT2D eigenvalue weighted by Crippen LogP contribution is 2.44. The molecule has 2 heterocycles. The van der Waals surface area contributed by atoms with E-state index in [-0.39, 0.29) is 17.2 Å². The van der Waals surface area contributed by atoms with E-state index in [0.717, 1.165) is 43.6 Å². The average Bonchev–Trinajstić information content (AvgIpc) is 3.53. The van der Waals surface area contributed by atoms with E-state index in [0.29, 0.717) is 38.3 Å². The number of carbonyl (C=O) groups excluding carboxylic acids is 2. The summed E-state index contributed by atoms with van der Waals surface area (Å²) in [6, 6.07) is 15.0. The van der Waals surface area contributed by atoms with Crippen LogP contribution in [0, 0.1) is 0 Å². The number of rotatable bonds is 5. The van der Waals surface area contributed by atoms with Crippen molar-refractivity contribution in [3.63, 3.8) is 0 Å². The van der Waals surface area contributed by atoms with Crippen LogP contribution in [0.3, 0.4) is 0 Å². The molecule has 0 bridgehead atoms. The van der Waals surface area contributed by atoms with Crippen molar-refractivity contribution in [1.82, 2.24) is 10.2 Å². The molecule has 168 valence electrons. The fourth-order valence-corrected chi connectivity index (χ4v) is 5.40. The summed E-state index contributed by atoms with van der Waals surface area (Å²) in [6.45, 7) is 2.34. The molecular weight excluding hydrogens is 404 g/mol. The van der Waals surface area contributed by atoms with E-state index in [1.54, 1.807) is 4.90 Å². The quantitative estimate of drug-likeness (QED) is 0.779. The summed E-state index contributed by atoms with van der Waals surface area (Å²) in [5, 5.41) is 3.22. The maximum absolute atomic E-state index is 13.2. The lowest BCUT2D eigenvalue weighted by Gasteiger charge is -2.32. The number of hydrogen-bond donors (Lipinski definition) is 1. The predicted molar refractivity (Wildman–Crippen MR) is 121 cm³/mol. The molecule has 6 heteroatoms. The summed E-state index contributed by atoms with van der Waals surface area (Å²) in [6.07, 6.45) is 5.92. The molecule has 3 aliphatic rings. The zero-order chi connectivity index (χ0) is 22.0. The zero-order valence-electron chi connectivity index (χ0n) is 18.3. The SMILES string of the molecule is O=C(NCC1(c2ccc3c(c2)OCCO3)CCCC1)C1CCCN1C(=O)c1ccccc1. The first-order valence-electron chi connectivity index (χ1n) is 11.7. The molecular formula is C26H30N2O4. The number of nitrogens with one attached hydrogen (secondary N) is 1. The Morgan fingerprint density at radius 3 is 2.50 bits per heavy atom. The summed E-state index contributed by atoms with van der Waals surface area (Å²) < 4.78 is 11.5. The predicted octanol–water partition coefficient (Wildman–Crippen LogP) is 3.69. The molecule has 1 unspecified atom stereocenters. The van der Waals surface area contributed by atoms with Gasteiger partial charge in [0.15, 0.2) is 11.5 Å². The first kappa shape index (κ1) is 20.9. The smallest absolute Gasteiger partial charge is 0.254 e. The van der Waals surface area contributed by atoms with Crippen LogP contribution in [0.2, 0.25) is 0 Å². The van der Waals surface area contributed by atoms with Crippen molar-refractivity contribution in [2.45, 2.75) is 50.0 Å². The van der Waals surface area contributed by atoms with E-state index < -0.39 is 6.04 Å². The molecule has 1 N–H and O–H groups in total. The molecule has 2 aromatic carbocycles. The Bertz CT molecular complexity index is 985. The lowest BCUT2D eigenvalue weighted by atomic mass is 9.78. The van der Waals surface area contributed by atoms with Crippen LogP contribution in [-0.2, 0) is 10.2 Å². The van der Waals surface area contributed by atoms with Gasteiger partial charge < -0.3 is 19.7 Å². The molecule has 0 radical (unpaired) electrons. The summed E-state index contributed by atoms with van der Waals surface area (Å²) in [5.74, 6) is 1.47. The molecule has 32 heavy (non-hydrogen) atoms. The highest BCUT2D eigenvalue weighted by molar-refractivity contribution is 5.97. The molecule has 1 atom stereocenters. The van der Waals surface area contributed by atoms with Gasteiger partial charge in [0.05, 0.1) is 0 Å². The third-order valence-electron chi connectivity index (χ3n) is 7.15. The first-order valence-corrected chi connectivity index (χ1v) is 11.7. The van der Waals surface area contributed by atoms with Crippen LogP contribution >= 0.6 is 0 Å². The number of ether oxygens (including phenoxy) is 2. The van der Waals surface area contributed by atoms with Crippen LogP contribution < -0.4 is 14.8 Å². The fraction of sp³-hybridized carbons (Fsp3) is 0.462. The van der Waals surface area contributed by atoms with Gasteiger partial charge in [-0.25, -0.2) is 0 Å². The average molecular weight is 435 g/mol. The highest BCUT2D eigenvalue weighted by Gasteiger charge is 2.39. The molecule has 2 aliphatic heterocycles. The highest BCUT2D eigenvalue weighted by atomic mass is 16.6. The third-order valence-corrected chi connectivity index (χ3v) is 7.15. The van der Waals surface area contributed by atoms with Gasteiger partial charge in [0.25, 0.3) is 5.91 Å². The summed E-state index contributed by atoms with van der Waals surface area (Å²) in [5.41, 5.74) is 1.73. The molecule has 2 aromatic rings. The Morgan fingerprint density at radius 1 is 0.969 bits per heavy atom. The fourth-order valence-electron chi connectivity index (χ4n) is 5.40. The molecule has 2 fully saturated rings. The Hall–Kier alpha value is -3.02. The van der Waals surface area contributed by atoms with Crippen molar-refractivity contribution in [2.75, 3.05) is 26.3 Å². The molecule has 6 nitrogen and oxygen atoms in total. The van der Waals surface area contributed by atoms with Gasteiger partial charge in [0, 0.05) is 24.1 Å². The summed E-state index contributed by atoms with van der Waals surface area (Å²) in [4.78, 5) is 27.9. The minimum Gasteiger partial charge on any atom is -0.486 e. The maximum atomic E-state index is 13.2. The molecule has 1 saturated heterocycles. The Morgan fingerprint density at radius 2 is 1.72 bits per heavy atom. The van der Waals surface area contributed by atoms with Crippen LogP contribution in [0.4, 0.5) is 0 Å². The molecule has 0 aromatic heterocycles. The second-order valence-corrected chi connectivity index (χ2v) is 9.09. The van der Waals surface area contributed by atoms with Gasteiger partial charge >= 0.3 is 0 Å². The van der Waals surface area contributed by atoms with Crippen molar-refractivity contribution in [3.8, 4) is 11.5 Å². The lowest BCUT2D eigenvalue weighted by Crippen LogP contribution is -2.49. The van der Waals surface area contributed by atoms with Gasteiger partial charge in [-0.1, -0.05) is 37.1 Å². The van der Waals surface area contributed by atoms with Crippen LogP contribution in [-0.4, -0.2) is 49.1 Å². The molecule has 5 rings (SSSR count). The normalized spacial score (nSPS) is 21.4. The molecule has 1 saturated carbocycles. The van der Waals surface area contributed by atoms with Gasteiger partial charge in [-0.15, -0.1) is 0 Å². The molecule has 2 amide bonds. The van der Waals surface area contributed by atoms with E-state index in [9.17, 15) is 9.59 Å². The van der Waals surface area contributed by atoms with Gasteiger partial charge in [0.2, 0.25) is 5.91 Å². The number of fused-ring (bicyclic) bond motifs is 1. The van der Waals surface area contributed by atoms with E-state index in [4.69, 9.17) is 9.47 Å². The number of carbonyl (C=O) groups is 2. The second-order valence-electron chi connectivity index (χ2n) is 9.09. The summed E-state index contributed by atoms with van der Waals surface area (Å²) in [7, 11) is 0. The molecule has 0 spiro atoms. The van der Waals surface area contributed by atoms with Gasteiger partial charge in [-0.05, 0) is 55.5 Å². The van der Waals surface area contributed by atoms with E-state index in [2.05, 4.69) is 17.4 Å². The monoisotopic (exact) mass is 434 g/mol. The minimum absolute atomic E-state index is 0.0457. The lowest BCUT2D eigenvalue weighted by molar-refractivity contribution is -0.125. The zero-order valence-corrected chi connectivity index (χ0v) is 18.3. The number of nitrogens with zero attached hydrogens (tertiary/aromatic N) is 1. The van der Waals surface area contributed by atoms with Crippen molar-refractivity contribution < 1.29 is 19.1 Å². The maximum Gasteiger partial charge on any atom is 0.254 e. The van der Waals surface area contributed by atoms with Crippen LogP contribution in [0.25, 0.3) is 0 Å². The largest absolute Gasteiger partial charge is 0.486 e. The molecule has 1 aliphatic carbocycles. The van der Waals surface area contributed by atoms with E-state index >= 15 is 0 Å². The minimum atomic E-state index is -0.401. The van der Waals surface area contributed by atoms with Gasteiger partial charge in [-0.2, -0.15) is 0 Å². The van der Waals surface area contributed by atoms with E-state index in [1.165, 1.54) is 5.56 Å². The second kappa shape index (κ2) is 8.85. The Balaban J connectivity index is 1.30. The summed E-state index contributed by atoms with van der Waals surface area (Å²) >= 11 is 0.